The second-order valence-corrected chi connectivity index (χ2v) is 9.77. The molecule has 1 aliphatic carbocycles. The fourth-order valence-corrected chi connectivity index (χ4v) is 4.40. The highest BCUT2D eigenvalue weighted by Crippen LogP contribution is 2.46. The summed E-state index contributed by atoms with van der Waals surface area (Å²) in [5, 5.41) is 9.41. The second kappa shape index (κ2) is 8.81. The van der Waals surface area contributed by atoms with Gasteiger partial charge >= 0.3 is 0 Å². The first kappa shape index (κ1) is 22.4. The summed E-state index contributed by atoms with van der Waals surface area (Å²) in [6.07, 6.45) is 8.50. The summed E-state index contributed by atoms with van der Waals surface area (Å²) in [6, 6.07) is 13.1. The summed E-state index contributed by atoms with van der Waals surface area (Å²) in [5.41, 5.74) is 8.06. The first-order valence-electron chi connectivity index (χ1n) is 11.0. The third kappa shape index (κ3) is 4.70. The fourth-order valence-electron chi connectivity index (χ4n) is 4.40. The molecule has 1 N–H and O–H groups in total. The van der Waals surface area contributed by atoms with Gasteiger partial charge in [0.15, 0.2) is 0 Å². The van der Waals surface area contributed by atoms with E-state index in [0.29, 0.717) is 5.76 Å². The predicted molar refractivity (Wildman–Crippen MR) is 129 cm³/mol. The van der Waals surface area contributed by atoms with Gasteiger partial charge in [-0.15, -0.1) is 0 Å². The third-order valence-electron chi connectivity index (χ3n) is 6.65. The summed E-state index contributed by atoms with van der Waals surface area (Å²) in [7, 11) is 1.64. The minimum absolute atomic E-state index is 0.186. The Kier molecular flexibility index (Phi) is 6.57. The monoisotopic (exact) mass is 404 g/mol. The molecule has 0 aliphatic heterocycles. The Morgan fingerprint density at radius 3 is 2.17 bits per heavy atom. The molecule has 0 heterocycles. The van der Waals surface area contributed by atoms with Crippen molar-refractivity contribution in [1.82, 2.24) is 0 Å². The summed E-state index contributed by atoms with van der Waals surface area (Å²) >= 11 is 0. The SMILES string of the molecule is C=C(OC)c1ccc(/C=C/c2cc3c(cc2CCCO)C(C)(C)CCC3(C)C)cc1. The highest BCUT2D eigenvalue weighted by Gasteiger charge is 2.37. The lowest BCUT2D eigenvalue weighted by Crippen LogP contribution is -2.34. The lowest BCUT2D eigenvalue weighted by atomic mass is 9.62. The zero-order valence-corrected chi connectivity index (χ0v) is 19.2. The molecule has 0 saturated heterocycles. The van der Waals surface area contributed by atoms with Crippen LogP contribution in [0.2, 0.25) is 0 Å². The van der Waals surface area contributed by atoms with Crippen LogP contribution in [0.15, 0.2) is 43.0 Å². The van der Waals surface area contributed by atoms with Crippen molar-refractivity contribution in [2.24, 2.45) is 0 Å². The van der Waals surface area contributed by atoms with Crippen LogP contribution in [0.4, 0.5) is 0 Å². The van der Waals surface area contributed by atoms with Gasteiger partial charge in [0.25, 0.3) is 0 Å². The number of hydrogen-bond acceptors (Lipinski definition) is 2. The van der Waals surface area contributed by atoms with Crippen LogP contribution in [0.3, 0.4) is 0 Å². The Morgan fingerprint density at radius 2 is 1.60 bits per heavy atom. The molecule has 2 aromatic rings. The van der Waals surface area contributed by atoms with Gasteiger partial charge in [-0.2, -0.15) is 0 Å². The molecule has 30 heavy (non-hydrogen) atoms. The minimum Gasteiger partial charge on any atom is -0.497 e. The molecule has 160 valence electrons. The normalized spacial score (nSPS) is 17.0. The van der Waals surface area contributed by atoms with Gasteiger partial charge in [-0.3, -0.25) is 0 Å². The van der Waals surface area contributed by atoms with Gasteiger partial charge in [-0.1, -0.05) is 82.8 Å². The highest BCUT2D eigenvalue weighted by molar-refractivity contribution is 5.73. The van der Waals surface area contributed by atoms with Gasteiger partial charge in [0.2, 0.25) is 0 Å². The van der Waals surface area contributed by atoms with Crippen molar-refractivity contribution in [2.45, 2.75) is 64.2 Å². The molecule has 0 aromatic heterocycles. The van der Waals surface area contributed by atoms with Crippen LogP contribution in [-0.4, -0.2) is 18.8 Å². The van der Waals surface area contributed by atoms with E-state index in [1.54, 1.807) is 7.11 Å². The molecule has 0 spiro atoms. The largest absolute Gasteiger partial charge is 0.497 e. The van der Waals surface area contributed by atoms with Gasteiger partial charge in [0.05, 0.1) is 7.11 Å². The van der Waals surface area contributed by atoms with Gasteiger partial charge in [0, 0.05) is 12.2 Å². The number of ether oxygens (including phenoxy) is 1. The van der Waals surface area contributed by atoms with E-state index in [2.05, 4.69) is 70.7 Å². The molecular formula is C28H36O2. The Labute approximate surface area is 182 Å². The number of aliphatic hydroxyl groups excluding tert-OH is 1. The molecule has 0 amide bonds. The fraction of sp³-hybridized carbons (Fsp3) is 0.429. The molecule has 1 aliphatic rings. The smallest absolute Gasteiger partial charge is 0.118 e. The number of rotatable bonds is 7. The Balaban J connectivity index is 2.00. The van der Waals surface area contributed by atoms with Crippen LogP contribution in [0.25, 0.3) is 17.9 Å². The number of hydrogen-bond donors (Lipinski definition) is 1. The molecular weight excluding hydrogens is 368 g/mol. The molecule has 0 unspecified atom stereocenters. The highest BCUT2D eigenvalue weighted by atomic mass is 16.5. The maximum atomic E-state index is 9.41. The van der Waals surface area contributed by atoms with Gasteiger partial charge < -0.3 is 9.84 Å². The van der Waals surface area contributed by atoms with E-state index < -0.39 is 0 Å². The molecule has 0 atom stereocenters. The van der Waals surface area contributed by atoms with Crippen LogP contribution >= 0.6 is 0 Å². The number of methoxy groups -OCH3 is 1. The first-order chi connectivity index (χ1) is 14.2. The molecule has 2 heteroatoms. The van der Waals surface area contributed by atoms with Crippen molar-refractivity contribution < 1.29 is 9.84 Å². The topological polar surface area (TPSA) is 29.5 Å². The molecule has 2 aromatic carbocycles. The van der Waals surface area contributed by atoms with E-state index in [9.17, 15) is 5.11 Å². The number of aryl methyl sites for hydroxylation is 1. The Bertz CT molecular complexity index is 930. The van der Waals surface area contributed by atoms with Gasteiger partial charge in [-0.25, -0.2) is 0 Å². The van der Waals surface area contributed by atoms with Crippen molar-refractivity contribution in [3.8, 4) is 0 Å². The zero-order valence-electron chi connectivity index (χ0n) is 19.2. The van der Waals surface area contributed by atoms with Crippen molar-refractivity contribution >= 4 is 17.9 Å². The summed E-state index contributed by atoms with van der Waals surface area (Å²) in [5.74, 6) is 0.677. The van der Waals surface area contributed by atoms with Crippen LogP contribution in [-0.2, 0) is 22.0 Å². The molecule has 0 saturated carbocycles. The van der Waals surface area contributed by atoms with Crippen molar-refractivity contribution in [3.63, 3.8) is 0 Å². The summed E-state index contributed by atoms with van der Waals surface area (Å²) in [4.78, 5) is 0. The quantitative estimate of drug-likeness (QED) is 0.409. The lowest BCUT2D eigenvalue weighted by Gasteiger charge is -2.42. The van der Waals surface area contributed by atoms with Crippen LogP contribution in [0, 0.1) is 0 Å². The van der Waals surface area contributed by atoms with Gasteiger partial charge in [0.1, 0.15) is 5.76 Å². The average Bonchev–Trinajstić information content (AvgIpc) is 2.73. The number of fused-ring (bicyclic) bond motifs is 1. The van der Waals surface area contributed by atoms with Crippen molar-refractivity contribution in [2.75, 3.05) is 13.7 Å². The minimum atomic E-state index is 0.186. The summed E-state index contributed by atoms with van der Waals surface area (Å²) in [6.45, 7) is 13.6. The van der Waals surface area contributed by atoms with Crippen molar-refractivity contribution in [1.29, 1.82) is 0 Å². The Hall–Kier alpha value is -2.32. The van der Waals surface area contributed by atoms with Crippen LogP contribution in [0.1, 0.15) is 80.3 Å². The first-order valence-corrected chi connectivity index (χ1v) is 11.0. The number of benzene rings is 2. The number of aliphatic hydroxyl groups is 1. The zero-order chi connectivity index (χ0) is 21.9. The molecule has 3 rings (SSSR count). The maximum absolute atomic E-state index is 9.41. The second-order valence-electron chi connectivity index (χ2n) is 9.77. The van der Waals surface area contributed by atoms with E-state index in [-0.39, 0.29) is 17.4 Å². The molecule has 0 bridgehead atoms. The van der Waals surface area contributed by atoms with Crippen LogP contribution in [0.5, 0.6) is 0 Å². The summed E-state index contributed by atoms with van der Waals surface area (Å²) < 4.78 is 5.21. The van der Waals surface area contributed by atoms with E-state index in [0.717, 1.165) is 24.0 Å². The average molecular weight is 405 g/mol. The predicted octanol–water partition coefficient (Wildman–Crippen LogP) is 6.75. The maximum Gasteiger partial charge on any atom is 0.118 e. The van der Waals surface area contributed by atoms with E-state index in [4.69, 9.17) is 4.74 Å². The standard InChI is InChI=1S/C28H36O2/c1-20(30-6)22-12-9-21(10-13-22)11-14-24-19-26-25(18-23(24)8-7-17-29)27(2,3)15-16-28(26,4)5/h9-14,18-19,29H,1,7-8,15-17H2,2-6H3/b14-11+. The molecule has 0 radical (unpaired) electrons. The van der Waals surface area contributed by atoms with Gasteiger partial charge in [-0.05, 0) is 64.3 Å². The molecule has 0 fully saturated rings. The van der Waals surface area contributed by atoms with Crippen molar-refractivity contribution in [3.05, 3.63) is 76.4 Å². The Morgan fingerprint density at radius 1 is 1.00 bits per heavy atom. The van der Waals surface area contributed by atoms with E-state index in [1.807, 2.05) is 12.1 Å². The molecule has 2 nitrogen and oxygen atoms in total. The lowest BCUT2D eigenvalue weighted by molar-refractivity contribution is 0.288. The third-order valence-corrected chi connectivity index (χ3v) is 6.65. The van der Waals surface area contributed by atoms with Crippen LogP contribution < -0.4 is 0 Å². The van der Waals surface area contributed by atoms with E-state index in [1.165, 1.54) is 35.1 Å². The van der Waals surface area contributed by atoms with E-state index >= 15 is 0 Å².